The van der Waals surface area contributed by atoms with Gasteiger partial charge >= 0.3 is 0 Å². The molecule has 154 valence electrons. The van der Waals surface area contributed by atoms with Crippen molar-refractivity contribution in [2.24, 2.45) is 4.99 Å². The van der Waals surface area contributed by atoms with Crippen molar-refractivity contribution in [2.75, 3.05) is 27.2 Å². The Morgan fingerprint density at radius 2 is 1.79 bits per heavy atom. The minimum absolute atomic E-state index is 0.527. The maximum Gasteiger partial charge on any atom is 0.191 e. The van der Waals surface area contributed by atoms with Crippen LogP contribution in [0.5, 0.6) is 5.75 Å². The fraction of sp³-hybridized carbons (Fsp3) is 0.524. The van der Waals surface area contributed by atoms with E-state index in [4.69, 9.17) is 4.74 Å². The zero-order valence-electron chi connectivity index (χ0n) is 17.9. The van der Waals surface area contributed by atoms with Gasteiger partial charge in [0.1, 0.15) is 5.75 Å². The predicted octanol–water partition coefficient (Wildman–Crippen LogP) is 2.66. The predicted molar refractivity (Wildman–Crippen MR) is 115 cm³/mol. The van der Waals surface area contributed by atoms with Gasteiger partial charge in [0.05, 0.1) is 25.0 Å². The Kier molecular flexibility index (Phi) is 8.32. The molecule has 0 saturated heterocycles. The number of nitrogens with zero attached hydrogens (tertiary/aromatic N) is 4. The number of aliphatic imine (C=N–C) groups is 1. The molecule has 0 radical (unpaired) electrons. The van der Waals surface area contributed by atoms with E-state index in [-0.39, 0.29) is 0 Å². The summed E-state index contributed by atoms with van der Waals surface area (Å²) in [6.07, 6.45) is 1.96. The third-order valence-corrected chi connectivity index (χ3v) is 4.63. The zero-order valence-corrected chi connectivity index (χ0v) is 17.9. The third-order valence-electron chi connectivity index (χ3n) is 4.63. The molecule has 1 aromatic carbocycles. The van der Waals surface area contributed by atoms with Crippen molar-refractivity contribution in [3.63, 3.8) is 0 Å². The lowest BCUT2D eigenvalue weighted by Gasteiger charge is -2.30. The topological polar surface area (TPSA) is 66.7 Å². The molecule has 0 saturated carbocycles. The largest absolute Gasteiger partial charge is 0.497 e. The average molecular weight is 387 g/mol. The normalized spacial score (nSPS) is 12.1. The molecule has 0 bridgehead atoms. The second-order valence-electron chi connectivity index (χ2n) is 7.23. The molecule has 28 heavy (non-hydrogen) atoms. The van der Waals surface area contributed by atoms with Gasteiger partial charge in [-0.2, -0.15) is 5.10 Å². The summed E-state index contributed by atoms with van der Waals surface area (Å²) in [6, 6.07) is 10.9. The summed E-state index contributed by atoms with van der Waals surface area (Å²) >= 11 is 0. The standard InChI is InChI=1S/C21H34N6O/c1-16(2)26(17(3)4)14-12-23-21(22-5)24-15-18-11-13-27(25-18)19-7-9-20(28-6)10-8-19/h7-11,13,16-17H,12,14-15H2,1-6H3,(H2,22,23,24). The summed E-state index contributed by atoms with van der Waals surface area (Å²) < 4.78 is 7.05. The Morgan fingerprint density at radius 3 is 2.36 bits per heavy atom. The van der Waals surface area contributed by atoms with Crippen LogP contribution in [0, 0.1) is 0 Å². The molecule has 0 fully saturated rings. The number of aromatic nitrogens is 2. The number of hydrogen-bond donors (Lipinski definition) is 2. The van der Waals surface area contributed by atoms with Crippen molar-refractivity contribution in [2.45, 2.75) is 46.3 Å². The molecular weight excluding hydrogens is 352 g/mol. The summed E-state index contributed by atoms with van der Waals surface area (Å²) in [5.74, 6) is 1.62. The molecule has 0 spiro atoms. The molecule has 0 amide bonds. The minimum Gasteiger partial charge on any atom is -0.497 e. The maximum atomic E-state index is 5.20. The minimum atomic E-state index is 0.527. The van der Waals surface area contributed by atoms with E-state index in [2.05, 4.69) is 53.3 Å². The molecule has 0 aliphatic carbocycles. The molecule has 0 unspecified atom stereocenters. The third kappa shape index (κ3) is 6.27. The number of benzene rings is 1. The molecular formula is C21H34N6O. The van der Waals surface area contributed by atoms with Crippen LogP contribution in [0.2, 0.25) is 0 Å². The zero-order chi connectivity index (χ0) is 20.5. The fourth-order valence-electron chi connectivity index (χ4n) is 3.15. The van der Waals surface area contributed by atoms with Crippen molar-refractivity contribution in [1.29, 1.82) is 0 Å². The van der Waals surface area contributed by atoms with Crippen LogP contribution in [-0.4, -0.2) is 60.0 Å². The summed E-state index contributed by atoms with van der Waals surface area (Å²) in [5.41, 5.74) is 1.95. The number of methoxy groups -OCH3 is 1. The van der Waals surface area contributed by atoms with Gasteiger partial charge in [-0.3, -0.25) is 9.89 Å². The van der Waals surface area contributed by atoms with E-state index < -0.39 is 0 Å². The van der Waals surface area contributed by atoms with Crippen molar-refractivity contribution in [3.05, 3.63) is 42.2 Å². The Balaban J connectivity index is 1.84. The van der Waals surface area contributed by atoms with Gasteiger partial charge in [0.2, 0.25) is 0 Å². The molecule has 2 N–H and O–H groups in total. The number of hydrogen-bond acceptors (Lipinski definition) is 4. The average Bonchev–Trinajstić information content (AvgIpc) is 3.16. The molecule has 2 aromatic rings. The van der Waals surface area contributed by atoms with Gasteiger partial charge in [0.15, 0.2) is 5.96 Å². The van der Waals surface area contributed by atoms with Crippen molar-refractivity contribution in [1.82, 2.24) is 25.3 Å². The van der Waals surface area contributed by atoms with Gasteiger partial charge in [-0.25, -0.2) is 4.68 Å². The van der Waals surface area contributed by atoms with Gasteiger partial charge < -0.3 is 15.4 Å². The van der Waals surface area contributed by atoms with Gasteiger partial charge in [-0.1, -0.05) is 0 Å². The SMILES string of the molecule is CN=C(NCCN(C(C)C)C(C)C)NCc1ccn(-c2ccc(OC)cc2)n1. The Hall–Kier alpha value is -2.54. The summed E-state index contributed by atoms with van der Waals surface area (Å²) in [4.78, 5) is 6.76. The van der Waals surface area contributed by atoms with Gasteiger partial charge in [-0.05, 0) is 58.0 Å². The van der Waals surface area contributed by atoms with E-state index in [1.807, 2.05) is 41.2 Å². The first-order valence-electron chi connectivity index (χ1n) is 9.83. The number of guanidine groups is 1. The van der Waals surface area contributed by atoms with Crippen LogP contribution in [0.15, 0.2) is 41.5 Å². The Morgan fingerprint density at radius 1 is 1.11 bits per heavy atom. The molecule has 7 heteroatoms. The smallest absolute Gasteiger partial charge is 0.191 e. The second-order valence-corrected chi connectivity index (χ2v) is 7.23. The van der Waals surface area contributed by atoms with E-state index in [0.29, 0.717) is 18.6 Å². The van der Waals surface area contributed by atoms with E-state index in [0.717, 1.165) is 36.2 Å². The van der Waals surface area contributed by atoms with Crippen LogP contribution >= 0.6 is 0 Å². The molecule has 7 nitrogen and oxygen atoms in total. The molecule has 0 aliphatic rings. The monoisotopic (exact) mass is 386 g/mol. The molecule has 0 aliphatic heterocycles. The van der Waals surface area contributed by atoms with Crippen LogP contribution in [-0.2, 0) is 6.54 Å². The first-order chi connectivity index (χ1) is 13.4. The van der Waals surface area contributed by atoms with Crippen molar-refractivity contribution < 1.29 is 4.74 Å². The highest BCUT2D eigenvalue weighted by Crippen LogP contribution is 2.14. The lowest BCUT2D eigenvalue weighted by Crippen LogP contribution is -2.45. The van der Waals surface area contributed by atoms with Crippen LogP contribution in [0.3, 0.4) is 0 Å². The van der Waals surface area contributed by atoms with Gasteiger partial charge in [-0.15, -0.1) is 0 Å². The van der Waals surface area contributed by atoms with E-state index in [1.165, 1.54) is 0 Å². The van der Waals surface area contributed by atoms with E-state index >= 15 is 0 Å². The first kappa shape index (κ1) is 21.8. The Bertz CT molecular complexity index is 728. The van der Waals surface area contributed by atoms with Crippen LogP contribution in [0.1, 0.15) is 33.4 Å². The molecule has 0 atom stereocenters. The second kappa shape index (κ2) is 10.7. The highest BCUT2D eigenvalue weighted by molar-refractivity contribution is 5.79. The van der Waals surface area contributed by atoms with E-state index in [9.17, 15) is 0 Å². The first-order valence-corrected chi connectivity index (χ1v) is 9.83. The van der Waals surface area contributed by atoms with Crippen LogP contribution in [0.25, 0.3) is 5.69 Å². The van der Waals surface area contributed by atoms with Crippen LogP contribution in [0.4, 0.5) is 0 Å². The summed E-state index contributed by atoms with van der Waals surface area (Å²) in [7, 11) is 3.45. The lowest BCUT2D eigenvalue weighted by atomic mass is 10.2. The fourth-order valence-corrected chi connectivity index (χ4v) is 3.15. The number of nitrogens with one attached hydrogen (secondary N) is 2. The van der Waals surface area contributed by atoms with E-state index in [1.54, 1.807) is 14.2 Å². The molecule has 1 heterocycles. The number of rotatable bonds is 9. The van der Waals surface area contributed by atoms with Crippen LogP contribution < -0.4 is 15.4 Å². The highest BCUT2D eigenvalue weighted by Gasteiger charge is 2.12. The van der Waals surface area contributed by atoms with Gasteiger partial charge in [0, 0.05) is 38.4 Å². The van der Waals surface area contributed by atoms with Crippen molar-refractivity contribution >= 4 is 5.96 Å². The quantitative estimate of drug-likeness (QED) is 0.512. The van der Waals surface area contributed by atoms with Crippen molar-refractivity contribution in [3.8, 4) is 11.4 Å². The Labute approximate surface area is 168 Å². The highest BCUT2D eigenvalue weighted by atomic mass is 16.5. The maximum absolute atomic E-state index is 5.20. The summed E-state index contributed by atoms with van der Waals surface area (Å²) in [5, 5.41) is 11.3. The summed E-state index contributed by atoms with van der Waals surface area (Å²) in [6.45, 7) is 11.3. The number of ether oxygens (including phenoxy) is 1. The van der Waals surface area contributed by atoms with Gasteiger partial charge in [0.25, 0.3) is 0 Å². The molecule has 1 aromatic heterocycles. The lowest BCUT2D eigenvalue weighted by molar-refractivity contribution is 0.178. The molecule has 2 rings (SSSR count).